The number of hydrogen-bond donors (Lipinski definition) is 1. The molecule has 0 saturated carbocycles. The molecule has 0 bridgehead atoms. The lowest BCUT2D eigenvalue weighted by atomic mass is 10.1. The van der Waals surface area contributed by atoms with Crippen molar-refractivity contribution in [2.24, 2.45) is 0 Å². The maximum Gasteiger partial charge on any atom is 0.0916 e. The summed E-state index contributed by atoms with van der Waals surface area (Å²) in [5.74, 6) is 0.681. The molecule has 106 valence electrons. The molecule has 1 aromatic carbocycles. The summed E-state index contributed by atoms with van der Waals surface area (Å²) in [6, 6.07) is 7.27. The van der Waals surface area contributed by atoms with Crippen LogP contribution in [0.5, 0.6) is 0 Å². The van der Waals surface area contributed by atoms with Gasteiger partial charge in [0.1, 0.15) is 0 Å². The first-order valence-electron chi connectivity index (χ1n) is 6.43. The van der Waals surface area contributed by atoms with E-state index in [-0.39, 0.29) is 4.75 Å². The van der Waals surface area contributed by atoms with Crippen molar-refractivity contribution in [3.05, 3.63) is 34.9 Å². The van der Waals surface area contributed by atoms with Gasteiger partial charge in [-0.3, -0.25) is 9.11 Å². The van der Waals surface area contributed by atoms with E-state index in [9.17, 15) is 9.32 Å². The van der Waals surface area contributed by atoms with Crippen LogP contribution in [0.15, 0.2) is 24.3 Å². The number of halogens is 1. The van der Waals surface area contributed by atoms with Crippen LogP contribution in [0.4, 0.5) is 0 Å². The highest BCUT2D eigenvalue weighted by molar-refractivity contribution is 7.86. The molecule has 2 rings (SSSR count). The van der Waals surface area contributed by atoms with Gasteiger partial charge in [-0.05, 0) is 31.5 Å². The predicted molar refractivity (Wildman–Crippen MR) is 79.9 cm³/mol. The molecule has 19 heavy (non-hydrogen) atoms. The van der Waals surface area contributed by atoms with Crippen LogP contribution in [0.1, 0.15) is 25.5 Å². The molecule has 3 nitrogen and oxygen atoms in total. The maximum atomic E-state index is 11.9. The first-order chi connectivity index (χ1) is 8.88. The van der Waals surface area contributed by atoms with Gasteiger partial charge in [-0.1, -0.05) is 23.7 Å². The van der Waals surface area contributed by atoms with Gasteiger partial charge < -0.3 is 5.11 Å². The fraction of sp³-hybridized carbons (Fsp3) is 0.571. The van der Waals surface area contributed by atoms with Crippen LogP contribution >= 0.6 is 11.6 Å². The summed E-state index contributed by atoms with van der Waals surface area (Å²) >= 11 is 5.84. The standard InChI is InChI=1S/C14H20ClNO2S/c1-14(2)10-16(7-8-19(14)18)9-13(17)11-3-5-12(15)6-4-11/h3-6,13,17H,7-10H2,1-2H3. The Morgan fingerprint density at radius 1 is 1.42 bits per heavy atom. The largest absolute Gasteiger partial charge is 0.387 e. The molecule has 1 saturated heterocycles. The number of aliphatic hydroxyl groups excluding tert-OH is 1. The quantitative estimate of drug-likeness (QED) is 0.930. The molecule has 2 atom stereocenters. The van der Waals surface area contributed by atoms with E-state index >= 15 is 0 Å². The van der Waals surface area contributed by atoms with Crippen LogP contribution in [0.25, 0.3) is 0 Å². The second-order valence-corrected chi connectivity index (χ2v) is 8.25. The van der Waals surface area contributed by atoms with E-state index in [2.05, 4.69) is 4.90 Å². The van der Waals surface area contributed by atoms with Crippen molar-refractivity contribution in [3.63, 3.8) is 0 Å². The number of aliphatic hydroxyl groups is 1. The Morgan fingerprint density at radius 2 is 2.05 bits per heavy atom. The smallest absolute Gasteiger partial charge is 0.0916 e. The van der Waals surface area contributed by atoms with Crippen LogP contribution in [0.2, 0.25) is 5.02 Å². The Labute approximate surface area is 122 Å². The van der Waals surface area contributed by atoms with Crippen LogP contribution in [0.3, 0.4) is 0 Å². The fourth-order valence-electron chi connectivity index (χ4n) is 2.37. The van der Waals surface area contributed by atoms with E-state index < -0.39 is 16.9 Å². The first-order valence-corrected chi connectivity index (χ1v) is 8.12. The average Bonchev–Trinajstić information content (AvgIpc) is 2.34. The zero-order chi connectivity index (χ0) is 14.0. The number of rotatable bonds is 3. The van der Waals surface area contributed by atoms with Crippen molar-refractivity contribution in [1.29, 1.82) is 0 Å². The summed E-state index contributed by atoms with van der Waals surface area (Å²) < 4.78 is 11.7. The Bertz CT molecular complexity index is 461. The number of benzene rings is 1. The molecule has 0 spiro atoms. The van der Waals surface area contributed by atoms with Crippen molar-refractivity contribution in [1.82, 2.24) is 4.90 Å². The highest BCUT2D eigenvalue weighted by atomic mass is 35.5. The number of hydrogen-bond acceptors (Lipinski definition) is 3. The van der Waals surface area contributed by atoms with Crippen LogP contribution in [-0.4, -0.2) is 44.3 Å². The number of β-amino-alcohol motifs (C(OH)–C–C–N with tert-alkyl or cyclic N) is 1. The monoisotopic (exact) mass is 301 g/mol. The topological polar surface area (TPSA) is 40.5 Å². The minimum Gasteiger partial charge on any atom is -0.387 e. The maximum absolute atomic E-state index is 11.9. The SMILES string of the molecule is CC1(C)CN(CC(O)c2ccc(Cl)cc2)CCS1=O. The minimum absolute atomic E-state index is 0.196. The molecule has 1 aromatic rings. The van der Waals surface area contributed by atoms with E-state index in [1.807, 2.05) is 26.0 Å². The lowest BCUT2D eigenvalue weighted by molar-refractivity contribution is 0.109. The van der Waals surface area contributed by atoms with Crippen LogP contribution in [-0.2, 0) is 10.8 Å². The van der Waals surface area contributed by atoms with E-state index in [1.165, 1.54) is 0 Å². The van der Waals surface area contributed by atoms with Gasteiger partial charge in [0.25, 0.3) is 0 Å². The van der Waals surface area contributed by atoms with Gasteiger partial charge in [0, 0.05) is 41.2 Å². The van der Waals surface area contributed by atoms with Gasteiger partial charge in [0.2, 0.25) is 0 Å². The molecule has 0 aromatic heterocycles. The van der Waals surface area contributed by atoms with Crippen molar-refractivity contribution < 1.29 is 9.32 Å². The molecule has 1 aliphatic heterocycles. The number of nitrogens with zero attached hydrogens (tertiary/aromatic N) is 1. The van der Waals surface area contributed by atoms with Gasteiger partial charge in [-0.15, -0.1) is 0 Å². The lowest BCUT2D eigenvalue weighted by Crippen LogP contribution is -2.50. The summed E-state index contributed by atoms with van der Waals surface area (Å²) in [5, 5.41) is 10.9. The molecule has 0 aliphatic carbocycles. The summed E-state index contributed by atoms with van der Waals surface area (Å²) in [7, 11) is -0.774. The average molecular weight is 302 g/mol. The molecule has 1 heterocycles. The first kappa shape index (κ1) is 15.0. The summed E-state index contributed by atoms with van der Waals surface area (Å²) in [4.78, 5) is 2.18. The van der Waals surface area contributed by atoms with Gasteiger partial charge >= 0.3 is 0 Å². The third-order valence-electron chi connectivity index (χ3n) is 3.50. The predicted octanol–water partition coefficient (Wildman–Crippen LogP) is 2.22. The minimum atomic E-state index is -0.774. The Hall–Kier alpha value is -0.420. The summed E-state index contributed by atoms with van der Waals surface area (Å²) in [5.41, 5.74) is 0.869. The molecule has 0 radical (unpaired) electrons. The van der Waals surface area contributed by atoms with E-state index in [4.69, 9.17) is 11.6 Å². The van der Waals surface area contributed by atoms with E-state index in [1.54, 1.807) is 12.1 Å². The van der Waals surface area contributed by atoms with Gasteiger partial charge in [0.05, 0.1) is 10.9 Å². The van der Waals surface area contributed by atoms with Crippen LogP contribution < -0.4 is 0 Å². The third kappa shape index (κ3) is 3.78. The second-order valence-electron chi connectivity index (χ2n) is 5.61. The van der Waals surface area contributed by atoms with Gasteiger partial charge in [-0.2, -0.15) is 0 Å². The van der Waals surface area contributed by atoms with Crippen molar-refractivity contribution in [2.75, 3.05) is 25.4 Å². The molecular formula is C14H20ClNO2S. The van der Waals surface area contributed by atoms with Crippen molar-refractivity contribution in [3.8, 4) is 0 Å². The summed E-state index contributed by atoms with van der Waals surface area (Å²) in [6.07, 6.45) is -0.528. The Balaban J connectivity index is 1.98. The molecule has 0 amide bonds. The Morgan fingerprint density at radius 3 is 2.63 bits per heavy atom. The fourth-order valence-corrected chi connectivity index (χ4v) is 3.80. The zero-order valence-electron chi connectivity index (χ0n) is 11.3. The molecule has 5 heteroatoms. The molecule has 2 unspecified atom stereocenters. The molecular weight excluding hydrogens is 282 g/mol. The molecule has 1 fully saturated rings. The van der Waals surface area contributed by atoms with Crippen molar-refractivity contribution in [2.45, 2.75) is 24.7 Å². The highest BCUT2D eigenvalue weighted by Gasteiger charge is 2.33. The van der Waals surface area contributed by atoms with E-state index in [0.29, 0.717) is 17.3 Å². The lowest BCUT2D eigenvalue weighted by Gasteiger charge is -2.38. The second kappa shape index (κ2) is 5.92. The highest BCUT2D eigenvalue weighted by Crippen LogP contribution is 2.23. The zero-order valence-corrected chi connectivity index (χ0v) is 12.9. The third-order valence-corrected chi connectivity index (χ3v) is 5.67. The Kier molecular flexibility index (Phi) is 4.66. The van der Waals surface area contributed by atoms with Gasteiger partial charge in [-0.25, -0.2) is 0 Å². The van der Waals surface area contributed by atoms with Gasteiger partial charge in [0.15, 0.2) is 0 Å². The molecule has 1 aliphatic rings. The molecule has 1 N–H and O–H groups in total. The normalized spacial score (nSPS) is 25.2. The van der Waals surface area contributed by atoms with Crippen molar-refractivity contribution >= 4 is 22.4 Å². The van der Waals surface area contributed by atoms with E-state index in [0.717, 1.165) is 18.7 Å². The van der Waals surface area contributed by atoms with Crippen LogP contribution in [0, 0.1) is 0 Å². The summed E-state index contributed by atoms with van der Waals surface area (Å²) in [6.45, 7) is 6.14.